The molecule has 0 radical (unpaired) electrons. The topological polar surface area (TPSA) is 92.7 Å². The van der Waals surface area contributed by atoms with Crippen LogP contribution in [0.4, 0.5) is 0 Å². The highest BCUT2D eigenvalue weighted by Gasteiger charge is 2.12. The maximum absolute atomic E-state index is 12.3. The van der Waals surface area contributed by atoms with Gasteiger partial charge in [0, 0.05) is 23.2 Å². The van der Waals surface area contributed by atoms with Crippen molar-refractivity contribution in [3.05, 3.63) is 81.0 Å². The minimum Gasteiger partial charge on any atom is -0.349 e. The number of hydrogen-bond donors (Lipinski definition) is 2. The van der Waals surface area contributed by atoms with E-state index in [0.717, 1.165) is 16.1 Å². The number of rotatable bonds is 6. The van der Waals surface area contributed by atoms with Crippen molar-refractivity contribution in [3.63, 3.8) is 0 Å². The Hall–Kier alpha value is -3.23. The molecule has 29 heavy (non-hydrogen) atoms. The quantitative estimate of drug-likeness (QED) is 0.495. The zero-order valence-corrected chi connectivity index (χ0v) is 16.7. The summed E-state index contributed by atoms with van der Waals surface area (Å²) < 4.78 is 1.33. The van der Waals surface area contributed by atoms with Gasteiger partial charge in [-0.15, -0.1) is 11.3 Å². The first-order valence-corrected chi connectivity index (χ1v) is 10.1. The molecule has 0 bridgehead atoms. The summed E-state index contributed by atoms with van der Waals surface area (Å²) in [6.45, 7) is 0.491. The van der Waals surface area contributed by atoms with Crippen LogP contribution < -0.4 is 10.9 Å². The number of hydrogen-bond acceptors (Lipinski definition) is 5. The summed E-state index contributed by atoms with van der Waals surface area (Å²) >= 11 is 7.47. The van der Waals surface area contributed by atoms with Gasteiger partial charge in [-0.1, -0.05) is 29.8 Å². The molecule has 9 heteroatoms. The molecule has 0 aliphatic heterocycles. The van der Waals surface area contributed by atoms with Crippen molar-refractivity contribution in [2.75, 3.05) is 6.54 Å². The monoisotopic (exact) mass is 425 g/mol. The molecule has 4 rings (SSSR count). The molecular weight excluding hydrogens is 410 g/mol. The van der Waals surface area contributed by atoms with Crippen molar-refractivity contribution in [1.82, 2.24) is 25.3 Å². The number of carbonyl (C=O) groups is 1. The van der Waals surface area contributed by atoms with E-state index < -0.39 is 0 Å². The van der Waals surface area contributed by atoms with Gasteiger partial charge in [-0.2, -0.15) is 10.2 Å². The molecule has 0 spiro atoms. The first-order valence-electron chi connectivity index (χ1n) is 8.82. The molecule has 0 aliphatic carbocycles. The minimum atomic E-state index is -0.314. The highest BCUT2D eigenvalue weighted by Crippen LogP contribution is 2.22. The first kappa shape index (κ1) is 19.1. The second kappa shape index (κ2) is 8.42. The van der Waals surface area contributed by atoms with Crippen molar-refractivity contribution < 1.29 is 4.79 Å². The third kappa shape index (κ3) is 4.44. The number of aromatic amines is 1. The fraction of sp³-hybridized carbons (Fsp3) is 0.100. The van der Waals surface area contributed by atoms with Gasteiger partial charge >= 0.3 is 0 Å². The second-order valence-corrected chi connectivity index (χ2v) is 7.57. The van der Waals surface area contributed by atoms with Crippen molar-refractivity contribution >= 4 is 28.8 Å². The maximum atomic E-state index is 12.3. The van der Waals surface area contributed by atoms with Crippen LogP contribution in [0, 0.1) is 0 Å². The summed E-state index contributed by atoms with van der Waals surface area (Å²) in [6.07, 6.45) is 0. The molecule has 1 amide bonds. The molecule has 0 fully saturated rings. The zero-order valence-electron chi connectivity index (χ0n) is 15.1. The number of nitrogens with one attached hydrogen (secondary N) is 2. The van der Waals surface area contributed by atoms with Crippen LogP contribution in [-0.4, -0.2) is 32.4 Å². The highest BCUT2D eigenvalue weighted by molar-refractivity contribution is 7.13. The van der Waals surface area contributed by atoms with Gasteiger partial charge in [0.15, 0.2) is 5.69 Å². The number of aromatic nitrogens is 4. The van der Waals surface area contributed by atoms with Gasteiger partial charge in [-0.25, -0.2) is 4.68 Å². The van der Waals surface area contributed by atoms with E-state index in [2.05, 4.69) is 20.6 Å². The third-order valence-electron chi connectivity index (χ3n) is 4.21. The summed E-state index contributed by atoms with van der Waals surface area (Å²) in [5.41, 5.74) is 2.35. The van der Waals surface area contributed by atoms with Gasteiger partial charge in [0.2, 0.25) is 0 Å². The van der Waals surface area contributed by atoms with E-state index in [9.17, 15) is 9.59 Å². The molecular formula is C20H16ClN5O2S. The molecule has 0 saturated carbocycles. The molecule has 146 valence electrons. The van der Waals surface area contributed by atoms with Crippen LogP contribution in [0.25, 0.3) is 21.8 Å². The highest BCUT2D eigenvalue weighted by atomic mass is 35.5. The number of amides is 1. The van der Waals surface area contributed by atoms with E-state index in [0.29, 0.717) is 16.4 Å². The molecule has 0 aliphatic rings. The van der Waals surface area contributed by atoms with Gasteiger partial charge in [-0.05, 0) is 35.7 Å². The Morgan fingerprint density at radius 2 is 2.00 bits per heavy atom. The average Bonchev–Trinajstić information content (AvgIpc) is 3.42. The Morgan fingerprint density at radius 3 is 2.76 bits per heavy atom. The number of nitrogens with zero attached hydrogens (tertiary/aromatic N) is 3. The number of carbonyl (C=O) groups excluding carboxylic acids is 1. The molecule has 3 heterocycles. The van der Waals surface area contributed by atoms with Gasteiger partial charge in [0.1, 0.15) is 0 Å². The summed E-state index contributed by atoms with van der Waals surface area (Å²) in [4.78, 5) is 25.4. The zero-order chi connectivity index (χ0) is 20.2. The molecule has 2 N–H and O–H groups in total. The maximum Gasteiger partial charge on any atom is 0.271 e. The van der Waals surface area contributed by atoms with Crippen molar-refractivity contribution in [2.24, 2.45) is 0 Å². The van der Waals surface area contributed by atoms with E-state index >= 15 is 0 Å². The fourth-order valence-electron chi connectivity index (χ4n) is 2.75. The lowest BCUT2D eigenvalue weighted by Crippen LogP contribution is -2.32. The van der Waals surface area contributed by atoms with Crippen molar-refractivity contribution in [3.8, 4) is 21.8 Å². The van der Waals surface area contributed by atoms with Gasteiger partial charge in [0.25, 0.3) is 11.5 Å². The number of H-pyrrole nitrogens is 1. The standard InChI is InChI=1S/C20H16ClN5O2S/c21-14-5-3-13(4-6-14)15-7-8-19(27)26(25-15)10-9-22-20(28)17-12-16(23-24-17)18-2-1-11-29-18/h1-8,11-12H,9-10H2,(H,22,28)(H,23,24). The van der Waals surface area contributed by atoms with Gasteiger partial charge in [-0.3, -0.25) is 14.7 Å². The van der Waals surface area contributed by atoms with E-state index in [-0.39, 0.29) is 24.6 Å². The number of halogens is 1. The summed E-state index contributed by atoms with van der Waals surface area (Å²) in [6, 6.07) is 15.9. The van der Waals surface area contributed by atoms with E-state index in [1.165, 1.54) is 10.7 Å². The van der Waals surface area contributed by atoms with E-state index in [1.54, 1.807) is 35.6 Å². The van der Waals surface area contributed by atoms with Crippen LogP contribution in [0.2, 0.25) is 5.02 Å². The van der Waals surface area contributed by atoms with Crippen LogP contribution in [0.1, 0.15) is 10.5 Å². The predicted molar refractivity (Wildman–Crippen MR) is 113 cm³/mol. The van der Waals surface area contributed by atoms with Crippen LogP contribution in [0.3, 0.4) is 0 Å². The molecule has 3 aromatic heterocycles. The van der Waals surface area contributed by atoms with Crippen LogP contribution in [0.15, 0.2) is 64.8 Å². The predicted octanol–water partition coefficient (Wildman–Crippen LogP) is 3.45. The molecule has 0 saturated heterocycles. The lowest BCUT2D eigenvalue weighted by Gasteiger charge is -2.08. The Bertz CT molecular complexity index is 1180. The normalized spacial score (nSPS) is 10.8. The number of benzene rings is 1. The molecule has 0 atom stereocenters. The number of thiophene rings is 1. The van der Waals surface area contributed by atoms with Crippen molar-refractivity contribution in [2.45, 2.75) is 6.54 Å². The second-order valence-electron chi connectivity index (χ2n) is 6.19. The Kier molecular flexibility index (Phi) is 5.55. The van der Waals surface area contributed by atoms with Crippen molar-refractivity contribution in [1.29, 1.82) is 0 Å². The lowest BCUT2D eigenvalue weighted by molar-refractivity contribution is 0.0946. The smallest absolute Gasteiger partial charge is 0.271 e. The fourth-order valence-corrected chi connectivity index (χ4v) is 3.56. The van der Waals surface area contributed by atoms with E-state index in [1.807, 2.05) is 29.6 Å². The molecule has 7 nitrogen and oxygen atoms in total. The lowest BCUT2D eigenvalue weighted by atomic mass is 10.1. The van der Waals surface area contributed by atoms with Crippen LogP contribution in [-0.2, 0) is 6.54 Å². The minimum absolute atomic E-state index is 0.239. The summed E-state index contributed by atoms with van der Waals surface area (Å²) in [5, 5.41) is 16.6. The first-order chi connectivity index (χ1) is 14.1. The Balaban J connectivity index is 1.40. The molecule has 4 aromatic rings. The van der Waals surface area contributed by atoms with Gasteiger partial charge in [0.05, 0.1) is 22.8 Å². The third-order valence-corrected chi connectivity index (χ3v) is 5.37. The SMILES string of the molecule is O=C(NCCn1nc(-c2ccc(Cl)cc2)ccc1=O)c1cc(-c2cccs2)[nH]n1. The van der Waals surface area contributed by atoms with Crippen LogP contribution >= 0.6 is 22.9 Å². The average molecular weight is 426 g/mol. The summed E-state index contributed by atoms with van der Waals surface area (Å²) in [5.74, 6) is -0.314. The van der Waals surface area contributed by atoms with Gasteiger partial charge < -0.3 is 5.32 Å². The Labute approximate surface area is 175 Å². The molecule has 1 aromatic carbocycles. The molecule has 0 unspecified atom stereocenters. The summed E-state index contributed by atoms with van der Waals surface area (Å²) in [7, 11) is 0. The largest absolute Gasteiger partial charge is 0.349 e. The van der Waals surface area contributed by atoms with E-state index in [4.69, 9.17) is 11.6 Å². The van der Waals surface area contributed by atoms with Crippen LogP contribution in [0.5, 0.6) is 0 Å². The Morgan fingerprint density at radius 1 is 1.17 bits per heavy atom.